The SMILES string of the molecule is O=C1N=C(N2CCO[C@H](CO)C2)S/C1=C\c1ccc2c(cnn2Cc2ccc(C(F)(F)F)cc2C(F)(F)F)c1. The Bertz CT molecular complexity index is 1480. The molecule has 0 aliphatic carbocycles. The van der Waals surface area contributed by atoms with Gasteiger partial charge in [0.1, 0.15) is 0 Å². The molecule has 3 heterocycles. The molecule has 7 nitrogen and oxygen atoms in total. The van der Waals surface area contributed by atoms with Crippen LogP contribution in [0.4, 0.5) is 26.3 Å². The number of halogens is 6. The predicted molar refractivity (Wildman–Crippen MR) is 132 cm³/mol. The summed E-state index contributed by atoms with van der Waals surface area (Å²) in [7, 11) is 0. The number of amidine groups is 1. The van der Waals surface area contributed by atoms with Gasteiger partial charge in [0.05, 0.1) is 53.6 Å². The number of alkyl halides is 6. The number of hydrogen-bond donors (Lipinski definition) is 1. The van der Waals surface area contributed by atoms with Crippen molar-refractivity contribution in [3.8, 4) is 0 Å². The van der Waals surface area contributed by atoms with Crippen LogP contribution < -0.4 is 0 Å². The van der Waals surface area contributed by atoms with Gasteiger partial charge in [0.25, 0.3) is 5.91 Å². The van der Waals surface area contributed by atoms with Crippen LogP contribution in [-0.2, 0) is 28.4 Å². The van der Waals surface area contributed by atoms with Crippen LogP contribution in [0, 0.1) is 0 Å². The first kappa shape index (κ1) is 27.2. The summed E-state index contributed by atoms with van der Waals surface area (Å²) in [5, 5.41) is 14.6. The average molecular weight is 571 g/mol. The number of fused-ring (bicyclic) bond motifs is 1. The van der Waals surface area contributed by atoms with E-state index < -0.39 is 35.9 Å². The number of thioether (sulfide) groups is 1. The molecule has 5 rings (SSSR count). The smallest absolute Gasteiger partial charge is 0.394 e. The van der Waals surface area contributed by atoms with Crippen LogP contribution in [0.25, 0.3) is 17.0 Å². The fourth-order valence-corrected chi connectivity index (χ4v) is 5.27. The summed E-state index contributed by atoms with van der Waals surface area (Å²) in [6.45, 7) is 0.799. The van der Waals surface area contributed by atoms with Gasteiger partial charge >= 0.3 is 12.4 Å². The number of morpholine rings is 1. The summed E-state index contributed by atoms with van der Waals surface area (Å²) >= 11 is 1.19. The minimum absolute atomic E-state index is 0.110. The van der Waals surface area contributed by atoms with Crippen molar-refractivity contribution >= 4 is 39.8 Å². The van der Waals surface area contributed by atoms with Gasteiger partial charge in [-0.25, -0.2) is 0 Å². The summed E-state index contributed by atoms with van der Waals surface area (Å²) in [5.74, 6) is -0.417. The molecule has 1 atom stereocenters. The first-order valence-electron chi connectivity index (χ1n) is 11.7. The number of aliphatic hydroxyl groups excluding tert-OH is 1. The van der Waals surface area contributed by atoms with E-state index in [2.05, 4.69) is 10.1 Å². The second kappa shape index (κ2) is 10.3. The van der Waals surface area contributed by atoms with Crippen molar-refractivity contribution in [1.29, 1.82) is 0 Å². The average Bonchev–Trinajstić information content (AvgIpc) is 3.45. The number of hydrogen-bond acceptors (Lipinski definition) is 6. The second-order valence-corrected chi connectivity index (χ2v) is 9.93. The van der Waals surface area contributed by atoms with Gasteiger partial charge in [-0.3, -0.25) is 9.48 Å². The zero-order valence-electron chi connectivity index (χ0n) is 20.0. The molecule has 0 unspecified atom stereocenters. The summed E-state index contributed by atoms with van der Waals surface area (Å²) in [5.41, 5.74) is -2.00. The van der Waals surface area contributed by atoms with Crippen molar-refractivity contribution in [3.05, 3.63) is 69.8 Å². The van der Waals surface area contributed by atoms with Crippen molar-refractivity contribution in [3.63, 3.8) is 0 Å². The molecular weight excluding hydrogens is 550 g/mol. The number of aliphatic hydroxyl groups is 1. The minimum Gasteiger partial charge on any atom is -0.394 e. The Labute approximate surface area is 221 Å². The van der Waals surface area contributed by atoms with Gasteiger partial charge in [-0.2, -0.15) is 36.4 Å². The van der Waals surface area contributed by atoms with E-state index in [1.54, 1.807) is 24.3 Å². The number of nitrogens with zero attached hydrogens (tertiary/aromatic N) is 4. The van der Waals surface area contributed by atoms with Crippen molar-refractivity contribution < 1.29 is 41.0 Å². The lowest BCUT2D eigenvalue weighted by atomic mass is 10.0. The Morgan fingerprint density at radius 2 is 1.90 bits per heavy atom. The van der Waals surface area contributed by atoms with E-state index in [1.165, 1.54) is 22.6 Å². The second-order valence-electron chi connectivity index (χ2n) is 8.92. The van der Waals surface area contributed by atoms with E-state index in [9.17, 15) is 36.2 Å². The lowest BCUT2D eigenvalue weighted by Gasteiger charge is -2.32. The Balaban J connectivity index is 1.36. The van der Waals surface area contributed by atoms with Crippen molar-refractivity contribution in [2.45, 2.75) is 25.0 Å². The van der Waals surface area contributed by atoms with Crippen LogP contribution in [0.5, 0.6) is 0 Å². The third-order valence-corrected chi connectivity index (χ3v) is 7.29. The molecule has 0 radical (unpaired) electrons. The highest BCUT2D eigenvalue weighted by molar-refractivity contribution is 8.18. The lowest BCUT2D eigenvalue weighted by molar-refractivity contribution is -0.143. The summed E-state index contributed by atoms with van der Waals surface area (Å²) in [4.78, 5) is 18.8. The highest BCUT2D eigenvalue weighted by atomic mass is 32.2. The molecule has 0 spiro atoms. The van der Waals surface area contributed by atoms with Crippen LogP contribution in [0.15, 0.2) is 52.5 Å². The van der Waals surface area contributed by atoms with Gasteiger partial charge in [0.15, 0.2) is 5.17 Å². The van der Waals surface area contributed by atoms with Crippen LogP contribution in [0.3, 0.4) is 0 Å². The zero-order valence-corrected chi connectivity index (χ0v) is 20.8. The Hall–Kier alpha value is -3.36. The zero-order chi connectivity index (χ0) is 27.9. The molecular formula is C25H20F6N4O3S. The molecule has 2 aliphatic rings. The molecule has 206 valence electrons. The van der Waals surface area contributed by atoms with Crippen LogP contribution in [0.2, 0.25) is 0 Å². The standard InChI is InChI=1S/C25H20F6N4O3S/c26-24(27,28)17-3-2-15(19(9-17)25(29,30)31)11-35-20-4-1-14(7-16(20)10-32-35)8-21-22(37)33-23(39-21)34-5-6-38-18(12-34)13-36/h1-4,7-10,18,36H,5-6,11-13H2/b21-8-/t18-/m0/s1. The number of aromatic nitrogens is 2. The number of carbonyl (C=O) groups excluding carboxylic acids is 1. The normalized spacial score (nSPS) is 19.8. The molecule has 39 heavy (non-hydrogen) atoms. The molecule has 1 saturated heterocycles. The highest BCUT2D eigenvalue weighted by Gasteiger charge is 2.38. The van der Waals surface area contributed by atoms with Gasteiger partial charge in [0, 0.05) is 18.5 Å². The maximum atomic E-state index is 13.6. The third kappa shape index (κ3) is 5.82. The number of rotatable bonds is 4. The fraction of sp³-hybridized carbons (Fsp3) is 0.320. The molecule has 1 N–H and O–H groups in total. The molecule has 3 aromatic rings. The van der Waals surface area contributed by atoms with Crippen LogP contribution in [-0.4, -0.2) is 63.3 Å². The molecule has 14 heteroatoms. The van der Waals surface area contributed by atoms with Crippen molar-refractivity contribution in [1.82, 2.24) is 14.7 Å². The van der Waals surface area contributed by atoms with E-state index in [1.807, 2.05) is 4.90 Å². The quantitative estimate of drug-likeness (QED) is 0.359. The largest absolute Gasteiger partial charge is 0.416 e. The maximum absolute atomic E-state index is 13.6. The number of aliphatic imine (C=N–C) groups is 1. The minimum atomic E-state index is -4.98. The van der Waals surface area contributed by atoms with Crippen LogP contribution >= 0.6 is 11.8 Å². The summed E-state index contributed by atoms with van der Waals surface area (Å²) in [6, 6.07) is 6.52. The van der Waals surface area contributed by atoms with E-state index in [0.29, 0.717) is 52.3 Å². The molecule has 0 saturated carbocycles. The van der Waals surface area contributed by atoms with E-state index >= 15 is 0 Å². The first-order chi connectivity index (χ1) is 18.4. The van der Waals surface area contributed by atoms with Gasteiger partial charge in [-0.1, -0.05) is 12.1 Å². The monoisotopic (exact) mass is 570 g/mol. The third-order valence-electron chi connectivity index (χ3n) is 6.25. The highest BCUT2D eigenvalue weighted by Crippen LogP contribution is 2.38. The number of ether oxygens (including phenoxy) is 1. The topological polar surface area (TPSA) is 80.0 Å². The molecule has 1 fully saturated rings. The maximum Gasteiger partial charge on any atom is 0.416 e. The first-order valence-corrected chi connectivity index (χ1v) is 12.5. The summed E-state index contributed by atoms with van der Waals surface area (Å²) in [6.07, 6.45) is -7.17. The molecule has 2 aliphatic heterocycles. The van der Waals surface area contributed by atoms with E-state index in [0.717, 1.165) is 6.07 Å². The number of benzene rings is 2. The molecule has 2 aromatic carbocycles. The molecule has 0 bridgehead atoms. The van der Waals surface area contributed by atoms with Gasteiger partial charge in [-0.15, -0.1) is 0 Å². The van der Waals surface area contributed by atoms with Crippen molar-refractivity contribution in [2.75, 3.05) is 26.3 Å². The van der Waals surface area contributed by atoms with Crippen LogP contribution in [0.1, 0.15) is 22.3 Å². The molecule has 1 amide bonds. The van der Waals surface area contributed by atoms with Gasteiger partial charge in [-0.05, 0) is 53.2 Å². The predicted octanol–water partition coefficient (Wildman–Crippen LogP) is 4.79. The number of carbonyl (C=O) groups is 1. The number of amides is 1. The molecule has 1 aromatic heterocycles. The van der Waals surface area contributed by atoms with E-state index in [-0.39, 0.29) is 24.3 Å². The van der Waals surface area contributed by atoms with E-state index in [4.69, 9.17) is 4.74 Å². The fourth-order valence-electron chi connectivity index (χ4n) is 4.33. The van der Waals surface area contributed by atoms with Crippen molar-refractivity contribution in [2.24, 2.45) is 4.99 Å². The lowest BCUT2D eigenvalue weighted by Crippen LogP contribution is -2.45. The summed E-state index contributed by atoms with van der Waals surface area (Å²) < 4.78 is 86.3. The van der Waals surface area contributed by atoms with Gasteiger partial charge < -0.3 is 14.7 Å². The van der Waals surface area contributed by atoms with Gasteiger partial charge in [0.2, 0.25) is 0 Å². The Morgan fingerprint density at radius 3 is 2.62 bits per heavy atom. The Kier molecular flexibility index (Phi) is 7.20. The Morgan fingerprint density at radius 1 is 1.10 bits per heavy atom.